The van der Waals surface area contributed by atoms with E-state index in [0.717, 1.165) is 19.5 Å². The summed E-state index contributed by atoms with van der Waals surface area (Å²) in [5.74, 6) is 5.92. The maximum atomic E-state index is 3.39. The van der Waals surface area contributed by atoms with Gasteiger partial charge in [0.1, 0.15) is 0 Å². The predicted octanol–water partition coefficient (Wildman–Crippen LogP) is 2.13. The van der Waals surface area contributed by atoms with Gasteiger partial charge in [-0.15, -0.1) is 11.8 Å². The normalized spacial score (nSPS) is 10.7. The minimum Gasteiger partial charge on any atom is -0.314 e. The van der Waals surface area contributed by atoms with Gasteiger partial charge in [-0.1, -0.05) is 0 Å². The van der Waals surface area contributed by atoms with Crippen LogP contribution in [0.25, 0.3) is 0 Å². The van der Waals surface area contributed by atoms with Gasteiger partial charge < -0.3 is 5.32 Å². The Morgan fingerprint density at radius 3 is 2.58 bits per heavy atom. The summed E-state index contributed by atoms with van der Waals surface area (Å²) in [5, 5.41) is 3.39. The molecule has 0 atom stereocenters. The van der Waals surface area contributed by atoms with Gasteiger partial charge in [0.2, 0.25) is 0 Å². The smallest absolute Gasteiger partial charge is 0.0225 e. The zero-order valence-corrected chi connectivity index (χ0v) is 9.35. The van der Waals surface area contributed by atoms with Crippen molar-refractivity contribution in [1.29, 1.82) is 0 Å². The van der Waals surface area contributed by atoms with Crippen molar-refractivity contribution >= 4 is 11.8 Å². The van der Waals surface area contributed by atoms with Gasteiger partial charge in [0, 0.05) is 24.3 Å². The molecule has 0 bridgehead atoms. The molecule has 1 nitrogen and oxygen atoms in total. The highest BCUT2D eigenvalue weighted by Gasteiger charge is 2.13. The number of hydrogen-bond donors (Lipinski definition) is 1. The van der Waals surface area contributed by atoms with Gasteiger partial charge in [0.05, 0.1) is 0 Å². The molecule has 0 aromatic carbocycles. The lowest BCUT2D eigenvalue weighted by atomic mass is 10.2. The van der Waals surface area contributed by atoms with Gasteiger partial charge >= 0.3 is 0 Å². The van der Waals surface area contributed by atoms with Gasteiger partial charge in [-0.25, -0.2) is 0 Å². The zero-order chi connectivity index (χ0) is 9.45. The highest BCUT2D eigenvalue weighted by Crippen LogP contribution is 2.19. The van der Waals surface area contributed by atoms with Crippen LogP contribution < -0.4 is 5.32 Å². The summed E-state index contributed by atoms with van der Waals surface area (Å²) in [7, 11) is 0. The second kappa shape index (κ2) is 6.39. The maximum Gasteiger partial charge on any atom is 0.0225 e. The van der Waals surface area contributed by atoms with Gasteiger partial charge in [0.15, 0.2) is 0 Å². The number of hydrogen-bond acceptors (Lipinski definition) is 2. The van der Waals surface area contributed by atoms with Gasteiger partial charge in [0.25, 0.3) is 0 Å². The first-order valence-electron chi connectivity index (χ1n) is 4.28. The Bertz CT molecular complexity index is 164. The molecule has 2 heteroatoms. The number of nitrogens with one attached hydrogen (secondary N) is 1. The summed E-state index contributed by atoms with van der Waals surface area (Å²) < 4.78 is 0.347. The summed E-state index contributed by atoms with van der Waals surface area (Å²) in [6.45, 7) is 8.43. The fourth-order valence-electron chi connectivity index (χ4n) is 0.737. The highest BCUT2D eigenvalue weighted by atomic mass is 32.2. The molecule has 70 valence electrons. The molecule has 1 N–H and O–H groups in total. The van der Waals surface area contributed by atoms with Crippen molar-refractivity contribution in [2.45, 2.75) is 31.9 Å². The Hall–Kier alpha value is -0.130. The van der Waals surface area contributed by atoms with Crippen LogP contribution in [0.3, 0.4) is 0 Å². The van der Waals surface area contributed by atoms with Crippen molar-refractivity contribution < 1.29 is 0 Å². The minimum atomic E-state index is 0.347. The van der Waals surface area contributed by atoms with Crippen molar-refractivity contribution in [2.24, 2.45) is 0 Å². The van der Waals surface area contributed by atoms with Crippen LogP contribution in [-0.2, 0) is 0 Å². The molecule has 0 aromatic rings. The summed E-state index contributed by atoms with van der Waals surface area (Å²) in [6.07, 6.45) is 3.11. The van der Waals surface area contributed by atoms with Crippen molar-refractivity contribution in [3.8, 4) is 11.8 Å². The minimum absolute atomic E-state index is 0.347. The molecule has 0 saturated carbocycles. The van der Waals surface area contributed by atoms with Gasteiger partial charge in [-0.3, -0.25) is 0 Å². The molecule has 0 radical (unpaired) electrons. The molecule has 0 aliphatic carbocycles. The number of thioether (sulfide) groups is 1. The second-order valence-corrected chi connectivity index (χ2v) is 4.83. The summed E-state index contributed by atoms with van der Waals surface area (Å²) in [4.78, 5) is 0. The van der Waals surface area contributed by atoms with E-state index < -0.39 is 0 Å². The van der Waals surface area contributed by atoms with E-state index in [1.165, 1.54) is 0 Å². The van der Waals surface area contributed by atoms with E-state index in [2.05, 4.69) is 37.3 Å². The lowest BCUT2D eigenvalue weighted by Gasteiger charge is -2.21. The van der Waals surface area contributed by atoms with Crippen molar-refractivity contribution in [3.05, 3.63) is 0 Å². The second-order valence-electron chi connectivity index (χ2n) is 3.32. The molecule has 0 aliphatic heterocycles. The monoisotopic (exact) mass is 185 g/mol. The van der Waals surface area contributed by atoms with E-state index in [4.69, 9.17) is 0 Å². The first-order valence-corrected chi connectivity index (χ1v) is 5.50. The first kappa shape index (κ1) is 11.9. The average molecular weight is 185 g/mol. The molecule has 0 spiro atoms. The Kier molecular flexibility index (Phi) is 6.32. The fourth-order valence-corrected chi connectivity index (χ4v) is 0.984. The Morgan fingerprint density at radius 2 is 2.08 bits per heavy atom. The first-order chi connectivity index (χ1) is 5.62. The van der Waals surface area contributed by atoms with E-state index in [0.29, 0.717) is 4.75 Å². The highest BCUT2D eigenvalue weighted by molar-refractivity contribution is 7.99. The lowest BCUT2D eigenvalue weighted by Crippen LogP contribution is -2.32. The quantitative estimate of drug-likeness (QED) is 0.520. The van der Waals surface area contributed by atoms with Crippen LogP contribution in [0.4, 0.5) is 0 Å². The number of rotatable bonds is 5. The average Bonchev–Trinajstić information content (AvgIpc) is 2.04. The summed E-state index contributed by atoms with van der Waals surface area (Å²) in [6, 6.07) is 0. The van der Waals surface area contributed by atoms with Crippen LogP contribution in [-0.4, -0.2) is 24.1 Å². The Labute approximate surface area is 80.7 Å². The Balaban J connectivity index is 3.35. The van der Waals surface area contributed by atoms with Crippen molar-refractivity contribution in [3.63, 3.8) is 0 Å². The van der Waals surface area contributed by atoms with E-state index in [9.17, 15) is 0 Å². The maximum absolute atomic E-state index is 3.39. The summed E-state index contributed by atoms with van der Waals surface area (Å²) >= 11 is 1.89. The third-order valence-electron chi connectivity index (χ3n) is 1.71. The van der Waals surface area contributed by atoms with Gasteiger partial charge in [-0.2, -0.15) is 11.8 Å². The summed E-state index contributed by atoms with van der Waals surface area (Å²) in [5.41, 5.74) is 0. The zero-order valence-electron chi connectivity index (χ0n) is 8.53. The van der Waals surface area contributed by atoms with Crippen LogP contribution in [0.15, 0.2) is 0 Å². The topological polar surface area (TPSA) is 12.0 Å². The van der Waals surface area contributed by atoms with Gasteiger partial charge in [-0.05, 0) is 27.0 Å². The SMILES string of the molecule is CC#CCCNCC(C)(C)SC. The predicted molar refractivity (Wildman–Crippen MR) is 58.5 cm³/mol. The van der Waals surface area contributed by atoms with Crippen LogP contribution in [0.2, 0.25) is 0 Å². The van der Waals surface area contributed by atoms with Crippen molar-refractivity contribution in [1.82, 2.24) is 5.32 Å². The molecule has 0 amide bonds. The van der Waals surface area contributed by atoms with Crippen molar-refractivity contribution in [2.75, 3.05) is 19.3 Å². The molecule has 0 fully saturated rings. The Morgan fingerprint density at radius 1 is 1.42 bits per heavy atom. The van der Waals surface area contributed by atoms with Crippen LogP contribution >= 0.6 is 11.8 Å². The third kappa shape index (κ3) is 6.57. The molecule has 0 aliphatic rings. The molecular formula is C10H19NS. The molecule has 0 saturated heterocycles. The van der Waals surface area contributed by atoms with Crippen LogP contribution in [0.5, 0.6) is 0 Å². The molecule has 0 heterocycles. The van der Waals surface area contributed by atoms with E-state index >= 15 is 0 Å². The van der Waals surface area contributed by atoms with Crippen LogP contribution in [0, 0.1) is 11.8 Å². The standard InChI is InChI=1S/C10H19NS/c1-5-6-7-8-11-9-10(2,3)12-4/h11H,7-9H2,1-4H3. The fraction of sp³-hybridized carbons (Fsp3) is 0.800. The molecular weight excluding hydrogens is 166 g/mol. The van der Waals surface area contributed by atoms with E-state index in [-0.39, 0.29) is 0 Å². The largest absolute Gasteiger partial charge is 0.314 e. The van der Waals surface area contributed by atoms with Crippen LogP contribution in [0.1, 0.15) is 27.2 Å². The lowest BCUT2D eigenvalue weighted by molar-refractivity contribution is 0.597. The van der Waals surface area contributed by atoms with E-state index in [1.54, 1.807) is 0 Å². The molecule has 12 heavy (non-hydrogen) atoms. The van der Waals surface area contributed by atoms with E-state index in [1.807, 2.05) is 18.7 Å². The molecule has 0 aromatic heterocycles. The third-order valence-corrected chi connectivity index (χ3v) is 2.96. The molecule has 0 rings (SSSR count). The molecule has 0 unspecified atom stereocenters.